The number of aliphatic hydroxyl groups is 2. The molecule has 4 rings (SSSR count). The fraction of sp³-hybridized carbons (Fsp3) is 0.571. The summed E-state index contributed by atoms with van der Waals surface area (Å²) in [5.41, 5.74) is 3.28. The van der Waals surface area contributed by atoms with Gasteiger partial charge in [0.05, 0.1) is 38.1 Å². The molecule has 1 unspecified atom stereocenters. The SMILES string of the molecule is CCOCC1(COc2ccc(Cc3cc(C4C[C@@H](O)C[C@@H](CO)O4)ccc3Cl)cc2)CCCC1. The molecule has 2 aliphatic rings. The minimum atomic E-state index is -0.473. The van der Waals surface area contributed by atoms with Gasteiger partial charge in [0.2, 0.25) is 0 Å². The van der Waals surface area contributed by atoms with E-state index >= 15 is 0 Å². The number of aliphatic hydroxyl groups excluding tert-OH is 2. The average molecular weight is 489 g/mol. The summed E-state index contributed by atoms with van der Waals surface area (Å²) in [5.74, 6) is 0.881. The highest BCUT2D eigenvalue weighted by atomic mass is 35.5. The summed E-state index contributed by atoms with van der Waals surface area (Å²) in [5, 5.41) is 20.3. The Labute approximate surface area is 208 Å². The number of rotatable bonds is 10. The quantitative estimate of drug-likeness (QED) is 0.463. The van der Waals surface area contributed by atoms with Gasteiger partial charge >= 0.3 is 0 Å². The number of halogens is 1. The number of hydrogen-bond donors (Lipinski definition) is 2. The van der Waals surface area contributed by atoms with E-state index in [9.17, 15) is 10.2 Å². The summed E-state index contributed by atoms with van der Waals surface area (Å²) in [6.45, 7) is 4.17. The number of ether oxygens (including phenoxy) is 3. The van der Waals surface area contributed by atoms with Gasteiger partial charge in [-0.15, -0.1) is 0 Å². The zero-order valence-corrected chi connectivity index (χ0v) is 20.8. The van der Waals surface area contributed by atoms with Gasteiger partial charge in [0.25, 0.3) is 0 Å². The molecule has 1 saturated heterocycles. The first kappa shape index (κ1) is 25.5. The van der Waals surface area contributed by atoms with Crippen LogP contribution in [0.1, 0.15) is 68.2 Å². The van der Waals surface area contributed by atoms with Crippen LogP contribution in [0.25, 0.3) is 0 Å². The standard InChI is InChI=1S/C28H37ClO5/c1-2-32-18-28(11-3-4-12-28)19-33-24-8-5-20(6-9-24)13-22-14-21(7-10-26(22)29)27-16-23(31)15-25(17-30)34-27/h5-10,14,23,25,27,30-31H,2-4,11-13,15-19H2,1H3/t23-,25-,27?/m0/s1. The molecule has 0 bridgehead atoms. The average Bonchev–Trinajstić information content (AvgIpc) is 3.32. The molecule has 1 aliphatic heterocycles. The smallest absolute Gasteiger partial charge is 0.119 e. The van der Waals surface area contributed by atoms with Crippen LogP contribution in [0.5, 0.6) is 5.75 Å². The summed E-state index contributed by atoms with van der Waals surface area (Å²) < 4.78 is 17.9. The molecule has 0 radical (unpaired) electrons. The van der Waals surface area contributed by atoms with Crippen LogP contribution in [0.3, 0.4) is 0 Å². The minimum absolute atomic E-state index is 0.0881. The molecule has 2 fully saturated rings. The molecule has 1 saturated carbocycles. The molecule has 1 aliphatic carbocycles. The van der Waals surface area contributed by atoms with Gasteiger partial charge in [-0.2, -0.15) is 0 Å². The third kappa shape index (κ3) is 6.52. The van der Waals surface area contributed by atoms with Crippen LogP contribution < -0.4 is 4.74 Å². The van der Waals surface area contributed by atoms with E-state index < -0.39 is 6.10 Å². The van der Waals surface area contributed by atoms with Crippen LogP contribution in [0.4, 0.5) is 0 Å². The molecule has 2 aromatic rings. The maximum absolute atomic E-state index is 10.2. The lowest BCUT2D eigenvalue weighted by molar-refractivity contribution is -0.113. The van der Waals surface area contributed by atoms with E-state index in [1.54, 1.807) is 0 Å². The summed E-state index contributed by atoms with van der Waals surface area (Å²) in [6.07, 6.45) is 5.47. The highest BCUT2D eigenvalue weighted by molar-refractivity contribution is 6.31. The minimum Gasteiger partial charge on any atom is -0.493 e. The monoisotopic (exact) mass is 488 g/mol. The highest BCUT2D eigenvalue weighted by Crippen LogP contribution is 2.39. The van der Waals surface area contributed by atoms with Crippen LogP contribution in [-0.2, 0) is 15.9 Å². The molecular formula is C28H37ClO5. The zero-order valence-electron chi connectivity index (χ0n) is 20.0. The van der Waals surface area contributed by atoms with Crippen LogP contribution in [-0.4, -0.2) is 48.8 Å². The third-order valence-corrected chi connectivity index (χ3v) is 7.53. The van der Waals surface area contributed by atoms with Gasteiger partial charge in [0.1, 0.15) is 5.75 Å². The lowest BCUT2D eigenvalue weighted by Crippen LogP contribution is -2.33. The molecule has 2 N–H and O–H groups in total. The van der Waals surface area contributed by atoms with E-state index in [0.717, 1.165) is 35.7 Å². The molecule has 34 heavy (non-hydrogen) atoms. The van der Waals surface area contributed by atoms with Crippen molar-refractivity contribution < 1.29 is 24.4 Å². The second-order valence-electron chi connectivity index (χ2n) is 9.86. The molecule has 2 aromatic carbocycles. The van der Waals surface area contributed by atoms with Crippen molar-refractivity contribution in [2.45, 2.75) is 70.2 Å². The van der Waals surface area contributed by atoms with Crippen LogP contribution in [0, 0.1) is 5.41 Å². The topological polar surface area (TPSA) is 68.2 Å². The first-order valence-corrected chi connectivity index (χ1v) is 12.9. The Morgan fingerprint density at radius 1 is 1.06 bits per heavy atom. The van der Waals surface area contributed by atoms with Gasteiger partial charge in [-0.05, 0) is 61.1 Å². The molecular weight excluding hydrogens is 452 g/mol. The maximum atomic E-state index is 10.2. The second kappa shape index (κ2) is 11.9. The van der Waals surface area contributed by atoms with Crippen molar-refractivity contribution in [3.8, 4) is 5.75 Å². The Morgan fingerprint density at radius 2 is 1.82 bits per heavy atom. The maximum Gasteiger partial charge on any atom is 0.119 e. The summed E-state index contributed by atoms with van der Waals surface area (Å²) >= 11 is 6.51. The first-order valence-electron chi connectivity index (χ1n) is 12.5. The Kier molecular flexibility index (Phi) is 8.89. The van der Waals surface area contributed by atoms with Crippen molar-refractivity contribution in [3.05, 3.63) is 64.2 Å². The zero-order chi connectivity index (χ0) is 24.0. The number of hydrogen-bond acceptors (Lipinski definition) is 5. The normalized spacial score (nSPS) is 24.3. The van der Waals surface area contributed by atoms with Crippen LogP contribution in [0.15, 0.2) is 42.5 Å². The molecule has 3 atom stereocenters. The molecule has 0 spiro atoms. The molecule has 0 amide bonds. The van der Waals surface area contributed by atoms with Gasteiger partial charge in [-0.3, -0.25) is 0 Å². The van der Waals surface area contributed by atoms with Crippen LogP contribution >= 0.6 is 11.6 Å². The van der Waals surface area contributed by atoms with Crippen molar-refractivity contribution in [2.24, 2.45) is 5.41 Å². The Bertz CT molecular complexity index is 910. The fourth-order valence-electron chi connectivity index (χ4n) is 5.19. The predicted octanol–water partition coefficient (Wildman–Crippen LogP) is 5.48. The fourth-order valence-corrected chi connectivity index (χ4v) is 5.37. The van der Waals surface area contributed by atoms with E-state index in [2.05, 4.69) is 18.2 Å². The van der Waals surface area contributed by atoms with Crippen molar-refractivity contribution in [3.63, 3.8) is 0 Å². The molecule has 0 aromatic heterocycles. The number of benzene rings is 2. The molecule has 5 nitrogen and oxygen atoms in total. The van der Waals surface area contributed by atoms with E-state index in [0.29, 0.717) is 30.9 Å². The van der Waals surface area contributed by atoms with Gasteiger partial charge in [-0.25, -0.2) is 0 Å². The Morgan fingerprint density at radius 3 is 2.53 bits per heavy atom. The van der Waals surface area contributed by atoms with E-state index in [4.69, 9.17) is 25.8 Å². The first-order chi connectivity index (χ1) is 16.5. The van der Waals surface area contributed by atoms with Crippen molar-refractivity contribution in [2.75, 3.05) is 26.4 Å². The van der Waals surface area contributed by atoms with E-state index in [1.807, 2.05) is 31.2 Å². The molecule has 186 valence electrons. The van der Waals surface area contributed by atoms with Gasteiger partial charge in [-0.1, -0.05) is 48.7 Å². The predicted molar refractivity (Wildman–Crippen MR) is 134 cm³/mol. The van der Waals surface area contributed by atoms with Gasteiger partial charge < -0.3 is 24.4 Å². The van der Waals surface area contributed by atoms with Crippen molar-refractivity contribution in [1.82, 2.24) is 0 Å². The Hall–Kier alpha value is -1.63. The largest absolute Gasteiger partial charge is 0.493 e. The Balaban J connectivity index is 1.39. The third-order valence-electron chi connectivity index (χ3n) is 7.16. The lowest BCUT2D eigenvalue weighted by Gasteiger charge is -2.32. The van der Waals surface area contributed by atoms with Crippen molar-refractivity contribution in [1.29, 1.82) is 0 Å². The molecule has 6 heteroatoms. The highest BCUT2D eigenvalue weighted by Gasteiger charge is 2.35. The van der Waals surface area contributed by atoms with Gasteiger partial charge in [0.15, 0.2) is 0 Å². The molecule has 1 heterocycles. The lowest BCUT2D eigenvalue weighted by atomic mass is 9.88. The van der Waals surface area contributed by atoms with E-state index in [-0.39, 0.29) is 24.2 Å². The van der Waals surface area contributed by atoms with Crippen molar-refractivity contribution >= 4 is 11.6 Å². The summed E-state index contributed by atoms with van der Waals surface area (Å²) in [4.78, 5) is 0. The second-order valence-corrected chi connectivity index (χ2v) is 10.3. The van der Waals surface area contributed by atoms with E-state index in [1.165, 1.54) is 25.7 Å². The van der Waals surface area contributed by atoms with Crippen LogP contribution in [0.2, 0.25) is 5.02 Å². The summed E-state index contributed by atoms with van der Waals surface area (Å²) in [6, 6.07) is 14.1. The van der Waals surface area contributed by atoms with Gasteiger partial charge in [0, 0.05) is 29.9 Å². The summed E-state index contributed by atoms with van der Waals surface area (Å²) in [7, 11) is 0.